The third kappa shape index (κ3) is 5.87. The second-order valence-corrected chi connectivity index (χ2v) is 11.9. The number of allylic oxidation sites excluding steroid dienone is 1. The van der Waals surface area contributed by atoms with E-state index < -0.39 is 0 Å². The van der Waals surface area contributed by atoms with Gasteiger partial charge in [-0.3, -0.25) is 4.99 Å². The van der Waals surface area contributed by atoms with Crippen LogP contribution in [0.1, 0.15) is 45.6 Å². The third-order valence-electron chi connectivity index (χ3n) is 9.24. The number of carbonyl (C=O) groups excluding carboxylic acids is 1. The van der Waals surface area contributed by atoms with E-state index in [0.29, 0.717) is 32.3 Å². The van der Waals surface area contributed by atoms with Crippen LogP contribution in [0, 0.1) is 5.92 Å². The van der Waals surface area contributed by atoms with Crippen LogP contribution in [-0.2, 0) is 14.2 Å². The van der Waals surface area contributed by atoms with Crippen molar-refractivity contribution in [1.82, 2.24) is 19.4 Å². The molecule has 6 rings (SSSR count). The maximum Gasteiger partial charge on any atom is 0.410 e. The monoisotopic (exact) mass is 564 g/mol. The number of hydrogen-bond donors (Lipinski definition) is 0. The van der Waals surface area contributed by atoms with E-state index in [0.717, 1.165) is 81.1 Å². The number of ether oxygens (including phenoxy) is 3. The molecule has 1 amide bonds. The normalized spacial score (nSPS) is 25.2. The summed E-state index contributed by atoms with van der Waals surface area (Å²) in [5.74, 6) is 0.287. The molecule has 2 aromatic heterocycles. The zero-order chi connectivity index (χ0) is 28.4. The molecule has 2 aromatic rings. The molecule has 0 N–H and O–H groups in total. The highest BCUT2D eigenvalue weighted by atomic mass is 16.6. The van der Waals surface area contributed by atoms with Crippen molar-refractivity contribution >= 4 is 23.0 Å². The Morgan fingerprint density at radius 2 is 1.98 bits per heavy atom. The van der Waals surface area contributed by atoms with Crippen molar-refractivity contribution in [2.24, 2.45) is 10.9 Å². The van der Waals surface area contributed by atoms with Crippen LogP contribution in [0.4, 0.5) is 10.5 Å². The molecular formula is C31H44N6O4. The number of piperazine rings is 1. The lowest BCUT2D eigenvalue weighted by atomic mass is 9.77. The molecular weight excluding hydrogens is 520 g/mol. The molecule has 0 bridgehead atoms. The highest BCUT2D eigenvalue weighted by Crippen LogP contribution is 2.37. The van der Waals surface area contributed by atoms with Crippen LogP contribution < -0.4 is 4.90 Å². The minimum atomic E-state index is -0.234. The van der Waals surface area contributed by atoms with Crippen molar-refractivity contribution in [3.05, 3.63) is 42.2 Å². The number of anilines is 1. The first-order valence-corrected chi connectivity index (χ1v) is 15.3. The number of aliphatic imine (C=N–C) groups is 1. The number of nitrogens with zero attached hydrogens (tertiary/aromatic N) is 6. The van der Waals surface area contributed by atoms with Crippen molar-refractivity contribution in [2.45, 2.75) is 57.8 Å². The highest BCUT2D eigenvalue weighted by molar-refractivity contribution is 6.10. The number of dihydropyridines is 1. The van der Waals surface area contributed by atoms with Gasteiger partial charge in [-0.25, -0.2) is 9.31 Å². The number of fused-ring (bicyclic) bond motifs is 1. The van der Waals surface area contributed by atoms with Crippen molar-refractivity contribution in [3.63, 3.8) is 0 Å². The van der Waals surface area contributed by atoms with E-state index in [4.69, 9.17) is 19.2 Å². The summed E-state index contributed by atoms with van der Waals surface area (Å²) >= 11 is 0. The fraction of sp³-hybridized carbons (Fsp3) is 0.645. The maximum absolute atomic E-state index is 12.6. The number of piperidine rings is 1. The molecule has 0 aliphatic carbocycles. The second-order valence-electron chi connectivity index (χ2n) is 11.9. The molecule has 4 aliphatic rings. The van der Waals surface area contributed by atoms with Crippen LogP contribution in [0.15, 0.2) is 41.7 Å². The number of aromatic nitrogens is 2. The predicted molar refractivity (Wildman–Crippen MR) is 159 cm³/mol. The Hall–Kier alpha value is -2.95. The third-order valence-corrected chi connectivity index (χ3v) is 9.24. The number of rotatable bonds is 7. The molecule has 0 spiro atoms. The average Bonchev–Trinajstić information content (AvgIpc) is 3.68. The summed E-state index contributed by atoms with van der Waals surface area (Å²) in [6.45, 7) is 14.2. The molecule has 10 nitrogen and oxygen atoms in total. The molecule has 0 aromatic carbocycles. The number of hydrogen-bond acceptors (Lipinski definition) is 8. The zero-order valence-corrected chi connectivity index (χ0v) is 24.7. The van der Waals surface area contributed by atoms with E-state index in [1.807, 2.05) is 10.7 Å². The van der Waals surface area contributed by atoms with Crippen molar-refractivity contribution in [3.8, 4) is 0 Å². The van der Waals surface area contributed by atoms with Gasteiger partial charge >= 0.3 is 6.09 Å². The van der Waals surface area contributed by atoms with Crippen LogP contribution in [0.25, 0.3) is 5.52 Å². The van der Waals surface area contributed by atoms with Crippen LogP contribution in [0.3, 0.4) is 0 Å². The smallest absolute Gasteiger partial charge is 0.410 e. The van der Waals surface area contributed by atoms with E-state index >= 15 is 0 Å². The molecule has 222 valence electrons. The summed E-state index contributed by atoms with van der Waals surface area (Å²) in [5, 5.41) is 4.59. The van der Waals surface area contributed by atoms with Gasteiger partial charge in [-0.05, 0) is 51.8 Å². The minimum absolute atomic E-state index is 0.117. The van der Waals surface area contributed by atoms with E-state index in [9.17, 15) is 4.79 Å². The molecule has 2 atom stereocenters. The van der Waals surface area contributed by atoms with Gasteiger partial charge in [-0.1, -0.05) is 6.08 Å². The summed E-state index contributed by atoms with van der Waals surface area (Å²) in [4.78, 5) is 24.3. The molecule has 10 heteroatoms. The van der Waals surface area contributed by atoms with E-state index in [-0.39, 0.29) is 23.7 Å². The van der Waals surface area contributed by atoms with Crippen molar-refractivity contribution < 1.29 is 19.0 Å². The topological polar surface area (TPSA) is 84.1 Å². The van der Waals surface area contributed by atoms with Crippen LogP contribution in [0.5, 0.6) is 0 Å². The first-order valence-electron chi connectivity index (χ1n) is 15.3. The average molecular weight is 565 g/mol. The summed E-state index contributed by atoms with van der Waals surface area (Å²) in [6.07, 6.45) is 10.9. The molecule has 4 aliphatic heterocycles. The molecule has 0 radical (unpaired) electrons. The van der Waals surface area contributed by atoms with Crippen molar-refractivity contribution in [2.75, 3.05) is 70.5 Å². The Morgan fingerprint density at radius 1 is 1.17 bits per heavy atom. The Balaban J connectivity index is 1.11. The number of likely N-dealkylation sites (tertiary alicyclic amines) is 1. The van der Waals surface area contributed by atoms with E-state index in [1.54, 1.807) is 4.90 Å². The standard InChI is InChI=1S/C31H44N6O4/c1-4-40-31(9-12-34(13-10-31)23(2)3)25-5-6-27(32-20-25)24-19-29-28(7-11-33-37(29)21-24)35-14-16-36(17-15-35)30(38)41-26-8-18-39-22-26/h5-7,11,19,21,23,25-26H,4,8-10,12-18,20,22H2,1-3H3/t25?,26-/m0/s1. The van der Waals surface area contributed by atoms with E-state index in [2.05, 4.69) is 66.2 Å². The van der Waals surface area contributed by atoms with Crippen molar-refractivity contribution in [1.29, 1.82) is 0 Å². The second kappa shape index (κ2) is 12.1. The van der Waals surface area contributed by atoms with Gasteiger partial charge in [0.2, 0.25) is 0 Å². The van der Waals surface area contributed by atoms with Gasteiger partial charge in [0.05, 0.1) is 35.7 Å². The fourth-order valence-electron chi connectivity index (χ4n) is 6.74. The largest absolute Gasteiger partial charge is 0.444 e. The lowest BCUT2D eigenvalue weighted by Crippen LogP contribution is -2.52. The quantitative estimate of drug-likeness (QED) is 0.508. The van der Waals surface area contributed by atoms with Crippen LogP contribution >= 0.6 is 0 Å². The minimum Gasteiger partial charge on any atom is -0.444 e. The highest BCUT2D eigenvalue weighted by Gasteiger charge is 2.42. The van der Waals surface area contributed by atoms with Gasteiger partial charge in [-0.15, -0.1) is 0 Å². The molecule has 0 saturated carbocycles. The Kier molecular flexibility index (Phi) is 8.33. The van der Waals surface area contributed by atoms with E-state index in [1.165, 1.54) is 0 Å². The molecule has 1 unspecified atom stereocenters. The van der Waals surface area contributed by atoms with Crippen LogP contribution in [-0.4, -0.2) is 115 Å². The van der Waals surface area contributed by atoms with Gasteiger partial charge in [0.25, 0.3) is 0 Å². The molecule has 3 fully saturated rings. The van der Waals surface area contributed by atoms with Gasteiger partial charge in [0, 0.05) is 88.8 Å². The SMILES string of the molecule is CCOC1(C2C=CC(c3cc4c(N5CCN(C(=O)O[C@H]6CCOC6)CC5)ccnn4c3)=NC2)CCN(C(C)C)CC1. The summed E-state index contributed by atoms with van der Waals surface area (Å²) < 4.78 is 19.3. The maximum atomic E-state index is 12.6. The van der Waals surface area contributed by atoms with Gasteiger partial charge in [0.15, 0.2) is 0 Å². The Bertz CT molecular complexity index is 1270. The Morgan fingerprint density at radius 3 is 2.63 bits per heavy atom. The first kappa shape index (κ1) is 28.2. The molecule has 41 heavy (non-hydrogen) atoms. The van der Waals surface area contributed by atoms with Gasteiger partial charge in [-0.2, -0.15) is 5.10 Å². The number of carbonyl (C=O) groups is 1. The predicted octanol–water partition coefficient (Wildman–Crippen LogP) is 3.64. The molecule has 6 heterocycles. The number of amides is 1. The summed E-state index contributed by atoms with van der Waals surface area (Å²) in [5.41, 5.74) is 4.10. The summed E-state index contributed by atoms with van der Waals surface area (Å²) in [7, 11) is 0. The zero-order valence-electron chi connectivity index (χ0n) is 24.7. The first-order chi connectivity index (χ1) is 20.0. The van der Waals surface area contributed by atoms with Gasteiger partial charge < -0.3 is 28.9 Å². The van der Waals surface area contributed by atoms with Crippen LogP contribution in [0.2, 0.25) is 0 Å². The Labute approximate surface area is 242 Å². The lowest BCUT2D eigenvalue weighted by molar-refractivity contribution is -0.107. The van der Waals surface area contributed by atoms with Gasteiger partial charge in [0.1, 0.15) is 6.10 Å². The summed E-state index contributed by atoms with van der Waals surface area (Å²) in [6, 6.07) is 4.82. The fourth-order valence-corrected chi connectivity index (χ4v) is 6.74. The molecule has 3 saturated heterocycles. The lowest BCUT2D eigenvalue weighted by Gasteiger charge is -2.46.